The van der Waals surface area contributed by atoms with E-state index < -0.39 is 0 Å². The molecule has 0 saturated heterocycles. The molecule has 19 heavy (non-hydrogen) atoms. The van der Waals surface area contributed by atoms with Crippen LogP contribution in [0.4, 0.5) is 5.82 Å². The van der Waals surface area contributed by atoms with Crippen molar-refractivity contribution >= 4 is 17.6 Å². The van der Waals surface area contributed by atoms with Gasteiger partial charge in [-0.15, -0.1) is 11.8 Å². The highest BCUT2D eigenvalue weighted by atomic mass is 32.2. The van der Waals surface area contributed by atoms with Crippen molar-refractivity contribution in [2.24, 2.45) is 0 Å². The summed E-state index contributed by atoms with van der Waals surface area (Å²) in [5.74, 6) is 2.21. The molecule has 0 unspecified atom stereocenters. The van der Waals surface area contributed by atoms with Crippen molar-refractivity contribution in [3.8, 4) is 11.6 Å². The lowest BCUT2D eigenvalue weighted by Crippen LogP contribution is -2.02. The molecule has 0 spiro atoms. The summed E-state index contributed by atoms with van der Waals surface area (Å²) in [6.45, 7) is 2.06. The summed E-state index contributed by atoms with van der Waals surface area (Å²) >= 11 is 1.71. The van der Waals surface area contributed by atoms with E-state index in [0.717, 1.165) is 23.6 Å². The molecule has 0 saturated carbocycles. The molecule has 1 aromatic heterocycles. The summed E-state index contributed by atoms with van der Waals surface area (Å²) in [4.78, 5) is 9.62. The molecule has 2 rings (SSSR count). The summed E-state index contributed by atoms with van der Waals surface area (Å²) in [7, 11) is 1.85. The first-order chi connectivity index (χ1) is 9.28. The van der Waals surface area contributed by atoms with Crippen molar-refractivity contribution in [3.05, 3.63) is 36.2 Å². The van der Waals surface area contributed by atoms with Crippen LogP contribution in [0.2, 0.25) is 0 Å². The van der Waals surface area contributed by atoms with Gasteiger partial charge in [-0.05, 0) is 36.9 Å². The third kappa shape index (κ3) is 3.17. The van der Waals surface area contributed by atoms with E-state index in [0.29, 0.717) is 5.88 Å². The zero-order valence-electron chi connectivity index (χ0n) is 11.3. The fourth-order valence-electron chi connectivity index (χ4n) is 1.77. The number of nitrogens with one attached hydrogen (secondary N) is 1. The number of ether oxygens (including phenoxy) is 1. The fourth-order valence-corrected chi connectivity index (χ4v) is 2.18. The maximum absolute atomic E-state index is 5.84. The van der Waals surface area contributed by atoms with Crippen molar-refractivity contribution in [2.75, 3.05) is 18.6 Å². The molecular weight excluding hydrogens is 258 g/mol. The second-order valence-electron chi connectivity index (χ2n) is 3.89. The van der Waals surface area contributed by atoms with E-state index in [2.05, 4.69) is 28.5 Å². The molecule has 1 heterocycles. The van der Waals surface area contributed by atoms with E-state index in [1.165, 1.54) is 11.2 Å². The SMILES string of the molecule is CCc1c(NC)ncnc1Oc1ccc(SC)cc1. The Kier molecular flexibility index (Phi) is 4.63. The van der Waals surface area contributed by atoms with Crippen LogP contribution < -0.4 is 10.1 Å². The molecular formula is C14H17N3OS. The Morgan fingerprint density at radius 2 is 1.95 bits per heavy atom. The van der Waals surface area contributed by atoms with Crippen molar-refractivity contribution in [1.82, 2.24) is 9.97 Å². The lowest BCUT2D eigenvalue weighted by Gasteiger charge is -2.11. The number of anilines is 1. The fraction of sp³-hybridized carbons (Fsp3) is 0.286. The number of benzene rings is 1. The Hall–Kier alpha value is -1.75. The highest BCUT2D eigenvalue weighted by Crippen LogP contribution is 2.28. The van der Waals surface area contributed by atoms with Gasteiger partial charge in [-0.1, -0.05) is 6.92 Å². The highest BCUT2D eigenvalue weighted by Gasteiger charge is 2.10. The van der Waals surface area contributed by atoms with Gasteiger partial charge in [-0.3, -0.25) is 0 Å². The second-order valence-corrected chi connectivity index (χ2v) is 4.77. The van der Waals surface area contributed by atoms with E-state index in [9.17, 15) is 0 Å². The molecule has 0 radical (unpaired) electrons. The van der Waals surface area contributed by atoms with Gasteiger partial charge in [-0.2, -0.15) is 0 Å². The number of nitrogens with zero attached hydrogens (tertiary/aromatic N) is 2. The molecule has 2 aromatic rings. The van der Waals surface area contributed by atoms with Gasteiger partial charge in [0.15, 0.2) is 0 Å². The molecule has 0 amide bonds. The first kappa shape index (κ1) is 13.7. The van der Waals surface area contributed by atoms with Crippen LogP contribution in [0.25, 0.3) is 0 Å². The molecule has 1 N–H and O–H groups in total. The average Bonchev–Trinajstić information content (AvgIpc) is 2.47. The van der Waals surface area contributed by atoms with Crippen LogP contribution in [-0.2, 0) is 6.42 Å². The lowest BCUT2D eigenvalue weighted by atomic mass is 10.2. The maximum atomic E-state index is 5.84. The maximum Gasteiger partial charge on any atom is 0.227 e. The van der Waals surface area contributed by atoms with E-state index >= 15 is 0 Å². The van der Waals surface area contributed by atoms with Crippen LogP contribution in [0.1, 0.15) is 12.5 Å². The Labute approximate surface area is 117 Å². The van der Waals surface area contributed by atoms with Crippen molar-refractivity contribution in [2.45, 2.75) is 18.2 Å². The van der Waals surface area contributed by atoms with E-state index in [4.69, 9.17) is 4.74 Å². The summed E-state index contributed by atoms with van der Waals surface area (Å²) in [6, 6.07) is 7.97. The normalized spacial score (nSPS) is 10.3. The Morgan fingerprint density at radius 1 is 1.21 bits per heavy atom. The largest absolute Gasteiger partial charge is 0.439 e. The zero-order chi connectivity index (χ0) is 13.7. The van der Waals surface area contributed by atoms with Gasteiger partial charge in [0.05, 0.1) is 5.56 Å². The molecule has 0 aliphatic rings. The van der Waals surface area contributed by atoms with Crippen LogP contribution in [-0.4, -0.2) is 23.3 Å². The predicted molar refractivity (Wildman–Crippen MR) is 79.3 cm³/mol. The predicted octanol–water partition coefficient (Wildman–Crippen LogP) is 3.59. The van der Waals surface area contributed by atoms with E-state index in [1.807, 2.05) is 31.3 Å². The molecule has 1 aromatic carbocycles. The summed E-state index contributed by atoms with van der Waals surface area (Å²) in [6.07, 6.45) is 4.38. The monoisotopic (exact) mass is 275 g/mol. The first-order valence-electron chi connectivity index (χ1n) is 6.12. The Bertz CT molecular complexity index is 543. The molecule has 100 valence electrons. The standard InChI is InChI=1S/C14H17N3OS/c1-4-12-13(15-2)16-9-17-14(12)18-10-5-7-11(19-3)8-6-10/h5-9H,4H2,1-3H3,(H,15,16,17). The quantitative estimate of drug-likeness (QED) is 0.845. The van der Waals surface area contributed by atoms with Crippen molar-refractivity contribution < 1.29 is 4.74 Å². The smallest absolute Gasteiger partial charge is 0.227 e. The lowest BCUT2D eigenvalue weighted by molar-refractivity contribution is 0.455. The van der Waals surface area contributed by atoms with Gasteiger partial charge in [0, 0.05) is 11.9 Å². The highest BCUT2D eigenvalue weighted by molar-refractivity contribution is 7.98. The molecule has 0 aliphatic heterocycles. The van der Waals surface area contributed by atoms with Gasteiger partial charge in [0.1, 0.15) is 17.9 Å². The van der Waals surface area contributed by atoms with Gasteiger partial charge >= 0.3 is 0 Å². The van der Waals surface area contributed by atoms with Crippen LogP contribution in [0.3, 0.4) is 0 Å². The van der Waals surface area contributed by atoms with Gasteiger partial charge < -0.3 is 10.1 Å². The number of hydrogen-bond donors (Lipinski definition) is 1. The topological polar surface area (TPSA) is 47.0 Å². The molecule has 4 nitrogen and oxygen atoms in total. The van der Waals surface area contributed by atoms with E-state index in [-0.39, 0.29) is 0 Å². The van der Waals surface area contributed by atoms with Gasteiger partial charge in [0.2, 0.25) is 5.88 Å². The zero-order valence-corrected chi connectivity index (χ0v) is 12.1. The first-order valence-corrected chi connectivity index (χ1v) is 7.34. The number of rotatable bonds is 5. The van der Waals surface area contributed by atoms with Gasteiger partial charge in [0.25, 0.3) is 0 Å². The Morgan fingerprint density at radius 3 is 2.53 bits per heavy atom. The van der Waals surface area contributed by atoms with Crippen LogP contribution >= 0.6 is 11.8 Å². The van der Waals surface area contributed by atoms with Crippen LogP contribution in [0.5, 0.6) is 11.6 Å². The Balaban J connectivity index is 2.26. The van der Waals surface area contributed by atoms with Crippen LogP contribution in [0.15, 0.2) is 35.5 Å². The number of hydrogen-bond acceptors (Lipinski definition) is 5. The summed E-state index contributed by atoms with van der Waals surface area (Å²) in [5.41, 5.74) is 0.985. The molecule has 0 fully saturated rings. The minimum absolute atomic E-state index is 0.610. The minimum atomic E-state index is 0.610. The molecule has 5 heteroatoms. The van der Waals surface area contributed by atoms with Crippen molar-refractivity contribution in [3.63, 3.8) is 0 Å². The average molecular weight is 275 g/mol. The third-order valence-electron chi connectivity index (χ3n) is 2.77. The second kappa shape index (κ2) is 6.43. The number of thioether (sulfide) groups is 1. The van der Waals surface area contributed by atoms with Crippen molar-refractivity contribution in [1.29, 1.82) is 0 Å². The number of aromatic nitrogens is 2. The summed E-state index contributed by atoms with van der Waals surface area (Å²) in [5, 5.41) is 3.06. The molecule has 0 aliphatic carbocycles. The van der Waals surface area contributed by atoms with E-state index in [1.54, 1.807) is 11.8 Å². The van der Waals surface area contributed by atoms with Crippen LogP contribution in [0, 0.1) is 0 Å². The minimum Gasteiger partial charge on any atom is -0.439 e. The van der Waals surface area contributed by atoms with Gasteiger partial charge in [-0.25, -0.2) is 9.97 Å². The molecule has 0 atom stereocenters. The molecule has 0 bridgehead atoms. The third-order valence-corrected chi connectivity index (χ3v) is 3.51. The summed E-state index contributed by atoms with van der Waals surface area (Å²) < 4.78 is 5.84.